The first kappa shape index (κ1) is 9.87. The molecule has 74 valence electrons. The van der Waals surface area contributed by atoms with Crippen molar-refractivity contribution in [3.63, 3.8) is 0 Å². The molecule has 0 fully saturated rings. The summed E-state index contributed by atoms with van der Waals surface area (Å²) in [6.07, 6.45) is -2.46. The Morgan fingerprint density at radius 2 is 2.14 bits per heavy atom. The lowest BCUT2D eigenvalue weighted by Crippen LogP contribution is -1.89. The van der Waals surface area contributed by atoms with Gasteiger partial charge in [0, 0.05) is 20.7 Å². The summed E-state index contributed by atoms with van der Waals surface area (Å²) in [6, 6.07) is 3.21. The molecule has 0 unspecified atom stereocenters. The number of thiophene rings is 1. The summed E-state index contributed by atoms with van der Waals surface area (Å²) in [5.41, 5.74) is 0.666. The van der Waals surface area contributed by atoms with Gasteiger partial charge in [-0.3, -0.25) is 0 Å². The summed E-state index contributed by atoms with van der Waals surface area (Å²) in [5, 5.41) is 3.12. The lowest BCUT2D eigenvalue weighted by Gasteiger charge is -2.06. The average molecular weight is 233 g/mol. The van der Waals surface area contributed by atoms with Crippen molar-refractivity contribution >= 4 is 33.0 Å². The predicted molar refractivity (Wildman–Crippen MR) is 56.5 cm³/mol. The molecular formula is C10H7ClF2S. The standard InChI is InChI=1S/C10H7ClF2S/c1-5-7(10(12)13)4-8(11)6-2-3-14-9(5)6/h2-4,10H,1H3. The second-order valence-electron chi connectivity index (χ2n) is 3.04. The van der Waals surface area contributed by atoms with Crippen LogP contribution in [0.25, 0.3) is 10.1 Å². The zero-order valence-electron chi connectivity index (χ0n) is 7.35. The van der Waals surface area contributed by atoms with Crippen molar-refractivity contribution in [2.45, 2.75) is 13.3 Å². The minimum atomic E-state index is -2.46. The molecule has 0 aliphatic rings. The van der Waals surface area contributed by atoms with Gasteiger partial charge in [0.1, 0.15) is 0 Å². The highest BCUT2D eigenvalue weighted by molar-refractivity contribution is 7.17. The molecule has 1 heterocycles. The molecule has 0 amide bonds. The van der Waals surface area contributed by atoms with Gasteiger partial charge < -0.3 is 0 Å². The van der Waals surface area contributed by atoms with E-state index in [0.717, 1.165) is 10.1 Å². The van der Waals surface area contributed by atoms with E-state index in [1.165, 1.54) is 17.4 Å². The van der Waals surface area contributed by atoms with E-state index in [1.807, 2.05) is 11.4 Å². The molecule has 1 aromatic heterocycles. The summed E-state index contributed by atoms with van der Waals surface area (Å²) >= 11 is 7.33. The molecule has 0 saturated carbocycles. The van der Waals surface area contributed by atoms with Gasteiger partial charge in [0.05, 0.1) is 0 Å². The highest BCUT2D eigenvalue weighted by atomic mass is 35.5. The summed E-state index contributed by atoms with van der Waals surface area (Å²) in [6.45, 7) is 1.71. The van der Waals surface area contributed by atoms with Crippen LogP contribution < -0.4 is 0 Å². The molecule has 0 bridgehead atoms. The van der Waals surface area contributed by atoms with Crippen LogP contribution in [0.3, 0.4) is 0 Å². The Kier molecular flexibility index (Phi) is 2.45. The van der Waals surface area contributed by atoms with Crippen LogP contribution >= 0.6 is 22.9 Å². The summed E-state index contributed by atoms with van der Waals surface area (Å²) in [5.74, 6) is 0. The second kappa shape index (κ2) is 3.48. The van der Waals surface area contributed by atoms with E-state index in [0.29, 0.717) is 10.6 Å². The third-order valence-electron chi connectivity index (χ3n) is 2.21. The number of fused-ring (bicyclic) bond motifs is 1. The van der Waals surface area contributed by atoms with E-state index in [1.54, 1.807) is 6.92 Å². The summed E-state index contributed by atoms with van der Waals surface area (Å²) < 4.78 is 26.0. The molecule has 0 radical (unpaired) electrons. The molecule has 0 aliphatic heterocycles. The minimum absolute atomic E-state index is 0.0324. The van der Waals surface area contributed by atoms with Crippen LogP contribution in [0.4, 0.5) is 8.78 Å². The number of benzene rings is 1. The highest BCUT2D eigenvalue weighted by Crippen LogP contribution is 2.36. The quantitative estimate of drug-likeness (QED) is 0.663. The molecule has 0 spiro atoms. The van der Waals surface area contributed by atoms with E-state index in [-0.39, 0.29) is 5.56 Å². The topological polar surface area (TPSA) is 0 Å². The Balaban J connectivity index is 2.82. The Bertz CT molecular complexity index is 476. The molecule has 0 aliphatic carbocycles. The predicted octanol–water partition coefficient (Wildman–Crippen LogP) is 4.80. The fourth-order valence-electron chi connectivity index (χ4n) is 1.47. The molecule has 0 N–H and O–H groups in total. The second-order valence-corrected chi connectivity index (χ2v) is 4.36. The molecule has 1 aromatic carbocycles. The fraction of sp³-hybridized carbons (Fsp3) is 0.200. The zero-order valence-corrected chi connectivity index (χ0v) is 8.92. The molecule has 2 aromatic rings. The largest absolute Gasteiger partial charge is 0.264 e. The molecule has 0 nitrogen and oxygen atoms in total. The first-order valence-corrected chi connectivity index (χ1v) is 5.31. The van der Waals surface area contributed by atoms with E-state index in [4.69, 9.17) is 11.6 Å². The highest BCUT2D eigenvalue weighted by Gasteiger charge is 2.15. The van der Waals surface area contributed by atoms with Crippen molar-refractivity contribution in [2.24, 2.45) is 0 Å². The van der Waals surface area contributed by atoms with Gasteiger partial charge in [0.2, 0.25) is 0 Å². The molecule has 0 atom stereocenters. The van der Waals surface area contributed by atoms with Crippen LogP contribution in [0.2, 0.25) is 5.02 Å². The van der Waals surface area contributed by atoms with Crippen LogP contribution in [0, 0.1) is 6.92 Å². The van der Waals surface area contributed by atoms with Gasteiger partial charge in [0.25, 0.3) is 6.43 Å². The maximum atomic E-state index is 12.6. The lowest BCUT2D eigenvalue weighted by atomic mass is 10.1. The van der Waals surface area contributed by atoms with E-state index in [9.17, 15) is 8.78 Å². The average Bonchev–Trinajstić information content (AvgIpc) is 2.59. The Hall–Kier alpha value is -0.670. The minimum Gasteiger partial charge on any atom is -0.205 e. The number of aryl methyl sites for hydroxylation is 1. The molecular weight excluding hydrogens is 226 g/mol. The monoisotopic (exact) mass is 232 g/mol. The maximum Gasteiger partial charge on any atom is 0.264 e. The maximum absolute atomic E-state index is 12.6. The number of alkyl halides is 2. The van der Waals surface area contributed by atoms with Gasteiger partial charge in [-0.1, -0.05) is 11.6 Å². The molecule has 2 rings (SSSR count). The van der Waals surface area contributed by atoms with Crippen molar-refractivity contribution in [2.75, 3.05) is 0 Å². The zero-order chi connectivity index (χ0) is 10.3. The molecule has 4 heteroatoms. The van der Waals surface area contributed by atoms with Crippen molar-refractivity contribution in [3.8, 4) is 0 Å². The summed E-state index contributed by atoms with van der Waals surface area (Å²) in [7, 11) is 0. The number of hydrogen-bond acceptors (Lipinski definition) is 1. The van der Waals surface area contributed by atoms with Crippen molar-refractivity contribution in [1.82, 2.24) is 0 Å². The van der Waals surface area contributed by atoms with E-state index in [2.05, 4.69) is 0 Å². The van der Waals surface area contributed by atoms with Gasteiger partial charge in [-0.05, 0) is 30.0 Å². The van der Waals surface area contributed by atoms with Crippen molar-refractivity contribution < 1.29 is 8.78 Å². The van der Waals surface area contributed by atoms with Crippen LogP contribution in [0.1, 0.15) is 17.6 Å². The number of hydrogen-bond donors (Lipinski definition) is 0. The third kappa shape index (κ3) is 1.41. The van der Waals surface area contributed by atoms with Gasteiger partial charge in [-0.2, -0.15) is 0 Å². The van der Waals surface area contributed by atoms with Crippen molar-refractivity contribution in [3.05, 3.63) is 33.7 Å². The molecule has 14 heavy (non-hydrogen) atoms. The summed E-state index contributed by atoms with van der Waals surface area (Å²) in [4.78, 5) is 0. The van der Waals surface area contributed by atoms with E-state index >= 15 is 0 Å². The van der Waals surface area contributed by atoms with Crippen molar-refractivity contribution in [1.29, 1.82) is 0 Å². The Morgan fingerprint density at radius 1 is 1.43 bits per heavy atom. The smallest absolute Gasteiger partial charge is 0.205 e. The fourth-order valence-corrected chi connectivity index (χ4v) is 2.74. The number of halogens is 3. The van der Waals surface area contributed by atoms with Crippen LogP contribution in [-0.4, -0.2) is 0 Å². The van der Waals surface area contributed by atoms with Gasteiger partial charge >= 0.3 is 0 Å². The van der Waals surface area contributed by atoms with Crippen LogP contribution in [-0.2, 0) is 0 Å². The Morgan fingerprint density at radius 3 is 2.79 bits per heavy atom. The normalized spacial score (nSPS) is 11.5. The first-order valence-electron chi connectivity index (χ1n) is 4.05. The lowest BCUT2D eigenvalue weighted by molar-refractivity contribution is 0.151. The van der Waals surface area contributed by atoms with Gasteiger partial charge in [-0.25, -0.2) is 8.78 Å². The van der Waals surface area contributed by atoms with Gasteiger partial charge in [-0.15, -0.1) is 11.3 Å². The van der Waals surface area contributed by atoms with E-state index < -0.39 is 6.43 Å². The number of rotatable bonds is 1. The Labute approximate surface area is 89.1 Å². The first-order chi connectivity index (χ1) is 6.61. The van der Waals surface area contributed by atoms with Gasteiger partial charge in [0.15, 0.2) is 0 Å². The van der Waals surface area contributed by atoms with Crippen LogP contribution in [0.5, 0.6) is 0 Å². The van der Waals surface area contributed by atoms with Crippen LogP contribution in [0.15, 0.2) is 17.5 Å². The third-order valence-corrected chi connectivity index (χ3v) is 3.56. The molecule has 0 saturated heterocycles. The SMILES string of the molecule is Cc1c(C(F)F)cc(Cl)c2ccsc12.